The minimum Gasteiger partial charge on any atom is -0.382 e. The topological polar surface area (TPSA) is 132 Å². The van der Waals surface area contributed by atoms with E-state index in [1.54, 1.807) is 43.3 Å². The van der Waals surface area contributed by atoms with Crippen LogP contribution in [0.5, 0.6) is 0 Å². The van der Waals surface area contributed by atoms with Crippen LogP contribution in [0.3, 0.4) is 0 Å². The molecule has 0 fully saturated rings. The van der Waals surface area contributed by atoms with Gasteiger partial charge in [-0.15, -0.1) is 0 Å². The molecule has 0 spiro atoms. The Kier molecular flexibility index (Phi) is 4.40. The van der Waals surface area contributed by atoms with E-state index in [0.29, 0.717) is 26.9 Å². The molecule has 0 saturated carbocycles. The lowest BCUT2D eigenvalue weighted by Gasteiger charge is -2.22. The number of rotatable bonds is 3. The van der Waals surface area contributed by atoms with Crippen LogP contribution in [0.2, 0.25) is 0 Å². The summed E-state index contributed by atoms with van der Waals surface area (Å²) in [7, 11) is 0. The summed E-state index contributed by atoms with van der Waals surface area (Å²) in [6.45, 7) is 1.74. The highest BCUT2D eigenvalue weighted by molar-refractivity contribution is 9.10. The number of ketones is 2. The molecule has 26 heavy (non-hydrogen) atoms. The standard InChI is InChI=1S/C18H12BrN5O2/c1-8-6-11(19)13-14(15(8)24-23-12(7-20)18(21)22)17(26)10-5-3-2-4-9(10)16(13)25/h2-6,24H,1H3,(H3,21,22)/b23-12+. The van der Waals surface area contributed by atoms with Crippen LogP contribution in [0.15, 0.2) is 39.9 Å². The third-order valence-corrected chi connectivity index (χ3v) is 4.61. The summed E-state index contributed by atoms with van der Waals surface area (Å²) in [6, 6.07) is 9.98. The molecule has 0 saturated heterocycles. The number of amidine groups is 1. The number of halogens is 1. The molecule has 0 radical (unpaired) electrons. The molecule has 2 aromatic rings. The number of hydrogen-bond acceptors (Lipinski definition) is 6. The number of nitrogens with zero attached hydrogens (tertiary/aromatic N) is 2. The maximum absolute atomic E-state index is 13.0. The number of nitrogens with two attached hydrogens (primary N) is 1. The fraction of sp³-hybridized carbons (Fsp3) is 0.0556. The molecule has 0 heterocycles. The number of anilines is 1. The smallest absolute Gasteiger partial charge is 0.201 e. The second kappa shape index (κ2) is 6.54. The van der Waals surface area contributed by atoms with Crippen LogP contribution in [0.1, 0.15) is 37.4 Å². The lowest BCUT2D eigenvalue weighted by molar-refractivity contribution is 0.0979. The lowest BCUT2D eigenvalue weighted by atomic mass is 9.82. The van der Waals surface area contributed by atoms with Crippen LogP contribution in [-0.4, -0.2) is 23.1 Å². The molecule has 1 aliphatic rings. The first kappa shape index (κ1) is 17.5. The average Bonchev–Trinajstić information content (AvgIpc) is 2.61. The molecule has 3 rings (SSSR count). The van der Waals surface area contributed by atoms with Gasteiger partial charge >= 0.3 is 0 Å². The van der Waals surface area contributed by atoms with E-state index in [9.17, 15) is 9.59 Å². The van der Waals surface area contributed by atoms with Gasteiger partial charge in [0.15, 0.2) is 17.4 Å². The van der Waals surface area contributed by atoms with Gasteiger partial charge in [0.2, 0.25) is 5.71 Å². The van der Waals surface area contributed by atoms with Crippen LogP contribution in [0.4, 0.5) is 5.69 Å². The van der Waals surface area contributed by atoms with Gasteiger partial charge in [0.05, 0.1) is 16.8 Å². The Morgan fingerprint density at radius 3 is 2.35 bits per heavy atom. The predicted octanol–water partition coefficient (Wildman–Crippen LogP) is 2.76. The summed E-state index contributed by atoms with van der Waals surface area (Å²) in [4.78, 5) is 25.9. The molecule has 7 nitrogen and oxygen atoms in total. The number of nitriles is 1. The Morgan fingerprint density at radius 1 is 1.23 bits per heavy atom. The van der Waals surface area contributed by atoms with Crippen LogP contribution in [0.25, 0.3) is 0 Å². The number of hydrogen-bond donors (Lipinski definition) is 3. The molecule has 0 unspecified atom stereocenters. The van der Waals surface area contributed by atoms with E-state index in [1.807, 2.05) is 0 Å². The first-order chi connectivity index (χ1) is 12.4. The first-order valence-corrected chi connectivity index (χ1v) is 8.25. The molecule has 2 aromatic carbocycles. The van der Waals surface area contributed by atoms with Crippen molar-refractivity contribution in [2.45, 2.75) is 6.92 Å². The van der Waals surface area contributed by atoms with Crippen molar-refractivity contribution in [3.63, 3.8) is 0 Å². The number of carbonyl (C=O) groups excluding carboxylic acids is 2. The number of nitrogens with one attached hydrogen (secondary N) is 2. The van der Waals surface area contributed by atoms with Crippen molar-refractivity contribution in [1.29, 1.82) is 10.7 Å². The van der Waals surface area contributed by atoms with Gasteiger partial charge in [0, 0.05) is 15.6 Å². The van der Waals surface area contributed by atoms with Crippen LogP contribution in [0, 0.1) is 23.7 Å². The normalized spacial score (nSPS) is 12.9. The summed E-state index contributed by atoms with van der Waals surface area (Å²) >= 11 is 3.36. The number of aryl methyl sites for hydroxylation is 1. The monoisotopic (exact) mass is 409 g/mol. The molecule has 8 heteroatoms. The molecule has 0 atom stereocenters. The van der Waals surface area contributed by atoms with E-state index >= 15 is 0 Å². The van der Waals surface area contributed by atoms with Crippen LogP contribution < -0.4 is 11.2 Å². The highest BCUT2D eigenvalue weighted by atomic mass is 79.9. The van der Waals surface area contributed by atoms with E-state index < -0.39 is 5.84 Å². The molecule has 4 N–H and O–H groups in total. The minimum absolute atomic E-state index is 0.171. The molecular weight excluding hydrogens is 398 g/mol. The molecule has 0 bridgehead atoms. The summed E-state index contributed by atoms with van der Waals surface area (Å²) in [5, 5.41) is 20.1. The Balaban J connectivity index is 2.24. The van der Waals surface area contributed by atoms with Gasteiger partial charge < -0.3 is 5.73 Å². The Morgan fingerprint density at radius 2 is 1.81 bits per heavy atom. The minimum atomic E-state index is -0.503. The van der Waals surface area contributed by atoms with Crippen molar-refractivity contribution in [3.05, 3.63) is 62.6 Å². The highest BCUT2D eigenvalue weighted by Gasteiger charge is 2.34. The first-order valence-electron chi connectivity index (χ1n) is 7.46. The molecule has 0 amide bonds. The SMILES string of the molecule is Cc1cc(Br)c2c(c1N/N=C(\C#N)C(=N)N)C(=O)c1ccccc1C2=O. The van der Waals surface area contributed by atoms with Gasteiger partial charge in [-0.25, -0.2) is 0 Å². The summed E-state index contributed by atoms with van der Waals surface area (Å²) in [5.74, 6) is -1.10. The van der Waals surface area contributed by atoms with Gasteiger partial charge in [0.25, 0.3) is 0 Å². The molecule has 0 aliphatic heterocycles. The molecule has 128 valence electrons. The lowest BCUT2D eigenvalue weighted by Crippen LogP contribution is -2.24. The van der Waals surface area contributed by atoms with Crippen molar-refractivity contribution in [2.24, 2.45) is 10.8 Å². The number of carbonyl (C=O) groups is 2. The summed E-state index contributed by atoms with van der Waals surface area (Å²) in [5.41, 5.74) is 9.58. The van der Waals surface area contributed by atoms with Crippen molar-refractivity contribution in [2.75, 3.05) is 5.43 Å². The fourth-order valence-electron chi connectivity index (χ4n) is 2.77. The van der Waals surface area contributed by atoms with Crippen LogP contribution in [-0.2, 0) is 0 Å². The van der Waals surface area contributed by atoms with E-state index in [1.165, 1.54) is 0 Å². The number of benzene rings is 2. The predicted molar refractivity (Wildman–Crippen MR) is 101 cm³/mol. The second-order valence-electron chi connectivity index (χ2n) is 5.60. The maximum Gasteiger partial charge on any atom is 0.201 e. The van der Waals surface area contributed by atoms with Crippen molar-refractivity contribution in [3.8, 4) is 6.07 Å². The van der Waals surface area contributed by atoms with Crippen molar-refractivity contribution in [1.82, 2.24) is 0 Å². The summed E-state index contributed by atoms with van der Waals surface area (Å²) in [6.07, 6.45) is 0. The van der Waals surface area contributed by atoms with Gasteiger partial charge in [0.1, 0.15) is 6.07 Å². The summed E-state index contributed by atoms with van der Waals surface area (Å²) < 4.78 is 0.499. The molecular formula is C18H12BrN5O2. The Hall–Kier alpha value is -3.31. The largest absolute Gasteiger partial charge is 0.382 e. The van der Waals surface area contributed by atoms with Gasteiger partial charge in [-0.1, -0.05) is 24.3 Å². The fourth-order valence-corrected chi connectivity index (χ4v) is 3.50. The zero-order valence-corrected chi connectivity index (χ0v) is 15.1. The van der Waals surface area contributed by atoms with Gasteiger partial charge in [-0.05, 0) is 34.5 Å². The van der Waals surface area contributed by atoms with Crippen molar-refractivity contribution < 1.29 is 9.59 Å². The van der Waals surface area contributed by atoms with E-state index in [-0.39, 0.29) is 28.4 Å². The molecule has 0 aromatic heterocycles. The van der Waals surface area contributed by atoms with Gasteiger partial charge in [-0.2, -0.15) is 10.4 Å². The van der Waals surface area contributed by atoms with Crippen LogP contribution >= 0.6 is 15.9 Å². The highest BCUT2D eigenvalue weighted by Crippen LogP contribution is 2.38. The second-order valence-corrected chi connectivity index (χ2v) is 6.46. The zero-order chi connectivity index (χ0) is 19.0. The van der Waals surface area contributed by atoms with Crippen molar-refractivity contribution >= 4 is 44.7 Å². The van der Waals surface area contributed by atoms with E-state index in [4.69, 9.17) is 16.4 Å². The Labute approximate surface area is 157 Å². The zero-order valence-electron chi connectivity index (χ0n) is 13.6. The maximum atomic E-state index is 13.0. The third kappa shape index (κ3) is 2.68. The quantitative estimate of drug-likeness (QED) is 0.347. The van der Waals surface area contributed by atoms with E-state index in [0.717, 1.165) is 0 Å². The number of hydrazone groups is 1. The third-order valence-electron chi connectivity index (χ3n) is 3.99. The molecule has 1 aliphatic carbocycles. The Bertz CT molecular complexity index is 1070. The van der Waals surface area contributed by atoms with Gasteiger partial charge in [-0.3, -0.25) is 20.4 Å². The van der Waals surface area contributed by atoms with E-state index in [2.05, 4.69) is 26.5 Å². The average molecular weight is 410 g/mol. The number of fused-ring (bicyclic) bond motifs is 2.